The summed E-state index contributed by atoms with van der Waals surface area (Å²) in [5.41, 5.74) is 2.76. The van der Waals surface area contributed by atoms with Crippen LogP contribution in [-0.4, -0.2) is 44.8 Å². The number of aromatic carboxylic acids is 1. The maximum absolute atomic E-state index is 12.8. The molecule has 1 saturated heterocycles. The van der Waals surface area contributed by atoms with E-state index in [1.54, 1.807) is 24.4 Å². The maximum Gasteiger partial charge on any atom is 0.335 e. The fourth-order valence-electron chi connectivity index (χ4n) is 3.23. The van der Waals surface area contributed by atoms with Gasteiger partial charge in [0.25, 0.3) is 11.1 Å². The largest absolute Gasteiger partial charge is 0.492 e. The van der Waals surface area contributed by atoms with Gasteiger partial charge in [-0.15, -0.1) is 0 Å². The molecule has 1 N–H and O–H groups in total. The number of aromatic nitrogens is 1. The number of carbonyl (C=O) groups is 3. The van der Waals surface area contributed by atoms with Gasteiger partial charge >= 0.3 is 5.97 Å². The number of carboxylic acid groups (broad SMARTS) is 1. The second-order valence-corrected chi connectivity index (χ2v) is 8.14. The number of ether oxygens (including phenoxy) is 1. The van der Waals surface area contributed by atoms with Gasteiger partial charge in [0, 0.05) is 17.6 Å². The van der Waals surface area contributed by atoms with Crippen molar-refractivity contribution in [3.05, 3.63) is 88.6 Å². The Morgan fingerprint density at radius 1 is 1.06 bits per heavy atom. The van der Waals surface area contributed by atoms with Gasteiger partial charge in [0.1, 0.15) is 12.4 Å². The molecule has 0 aliphatic carbocycles. The minimum atomic E-state index is -0.996. The molecule has 0 saturated carbocycles. The quantitative estimate of drug-likeness (QED) is 0.532. The molecule has 0 bridgehead atoms. The van der Waals surface area contributed by atoms with Gasteiger partial charge in [-0.1, -0.05) is 17.7 Å². The summed E-state index contributed by atoms with van der Waals surface area (Å²) in [6.07, 6.45) is 3.47. The van der Waals surface area contributed by atoms with Crippen molar-refractivity contribution in [2.24, 2.45) is 0 Å². The van der Waals surface area contributed by atoms with Gasteiger partial charge in [-0.3, -0.25) is 14.5 Å². The lowest BCUT2D eigenvalue weighted by molar-refractivity contribution is -0.123. The third kappa shape index (κ3) is 4.60. The minimum Gasteiger partial charge on any atom is -0.492 e. The monoisotopic (exact) mass is 448 g/mol. The molecule has 162 valence electrons. The maximum atomic E-state index is 12.8. The predicted molar refractivity (Wildman–Crippen MR) is 122 cm³/mol. The Labute approximate surface area is 188 Å². The zero-order chi connectivity index (χ0) is 22.7. The van der Waals surface area contributed by atoms with Gasteiger partial charge in [-0.25, -0.2) is 4.79 Å². The number of amides is 2. The number of benzene rings is 2. The molecule has 7 nitrogen and oxygen atoms in total. The molecule has 1 aliphatic rings. The average Bonchev–Trinajstić information content (AvgIpc) is 3.35. The van der Waals surface area contributed by atoms with Crippen molar-refractivity contribution in [1.29, 1.82) is 0 Å². The molecule has 0 radical (unpaired) electrons. The van der Waals surface area contributed by atoms with Crippen molar-refractivity contribution in [3.63, 3.8) is 0 Å². The van der Waals surface area contributed by atoms with Crippen LogP contribution < -0.4 is 4.74 Å². The number of imide groups is 1. The molecule has 1 aromatic heterocycles. The Morgan fingerprint density at radius 2 is 1.78 bits per heavy atom. The van der Waals surface area contributed by atoms with Crippen LogP contribution in [-0.2, 0) is 4.79 Å². The molecular weight excluding hydrogens is 428 g/mol. The molecule has 0 unspecified atom stereocenters. The average molecular weight is 449 g/mol. The summed E-state index contributed by atoms with van der Waals surface area (Å²) >= 11 is 0.890. The molecule has 8 heteroatoms. The number of carbonyl (C=O) groups excluding carboxylic acids is 2. The number of thioether (sulfide) groups is 1. The van der Waals surface area contributed by atoms with Crippen LogP contribution in [0.3, 0.4) is 0 Å². The van der Waals surface area contributed by atoms with E-state index in [0.29, 0.717) is 16.3 Å². The lowest BCUT2D eigenvalue weighted by Gasteiger charge is -2.13. The van der Waals surface area contributed by atoms with E-state index in [1.165, 1.54) is 17.0 Å². The summed E-state index contributed by atoms with van der Waals surface area (Å²) < 4.78 is 7.46. The number of hydrogen-bond donors (Lipinski definition) is 1. The molecule has 1 aliphatic heterocycles. The van der Waals surface area contributed by atoms with Crippen LogP contribution in [0, 0.1) is 6.92 Å². The highest BCUT2D eigenvalue weighted by Gasteiger charge is 2.35. The van der Waals surface area contributed by atoms with E-state index >= 15 is 0 Å². The van der Waals surface area contributed by atoms with Crippen LogP contribution in [0.5, 0.6) is 5.75 Å². The first-order chi connectivity index (χ1) is 15.4. The van der Waals surface area contributed by atoms with Crippen LogP contribution in [0.2, 0.25) is 0 Å². The highest BCUT2D eigenvalue weighted by molar-refractivity contribution is 8.18. The fourth-order valence-corrected chi connectivity index (χ4v) is 4.08. The molecule has 0 atom stereocenters. The van der Waals surface area contributed by atoms with Crippen LogP contribution in [0.15, 0.2) is 71.8 Å². The van der Waals surface area contributed by atoms with Crippen molar-refractivity contribution in [1.82, 2.24) is 9.47 Å². The SMILES string of the molecule is Cc1ccc(OCCN2C(=O)S/C(=C\c3cccn3-c3ccc(C(=O)O)cc3)C2=O)cc1. The van der Waals surface area contributed by atoms with Crippen molar-refractivity contribution < 1.29 is 24.2 Å². The molecular formula is C24H20N2O5S. The highest BCUT2D eigenvalue weighted by Crippen LogP contribution is 2.32. The first-order valence-electron chi connectivity index (χ1n) is 9.88. The summed E-state index contributed by atoms with van der Waals surface area (Å²) in [6.45, 7) is 2.35. The Balaban J connectivity index is 1.45. The Bertz CT molecular complexity index is 1200. The number of hydrogen-bond acceptors (Lipinski definition) is 5. The Kier molecular flexibility index (Phi) is 6.13. The van der Waals surface area contributed by atoms with Crippen molar-refractivity contribution in [3.8, 4) is 11.4 Å². The lowest BCUT2D eigenvalue weighted by Crippen LogP contribution is -2.32. The predicted octanol–water partition coefficient (Wildman–Crippen LogP) is 4.60. The van der Waals surface area contributed by atoms with Gasteiger partial charge < -0.3 is 14.4 Å². The van der Waals surface area contributed by atoms with Crippen LogP contribution >= 0.6 is 11.8 Å². The Hall–Kier alpha value is -3.78. The number of carboxylic acids is 1. The molecule has 32 heavy (non-hydrogen) atoms. The molecule has 2 aromatic carbocycles. The number of rotatable bonds is 7. The van der Waals surface area contributed by atoms with Gasteiger partial charge in [0.05, 0.1) is 17.0 Å². The number of nitrogens with zero attached hydrogens (tertiary/aromatic N) is 2. The highest BCUT2D eigenvalue weighted by atomic mass is 32.2. The first-order valence-corrected chi connectivity index (χ1v) is 10.7. The molecule has 4 rings (SSSR count). The van der Waals surface area contributed by atoms with Crippen LogP contribution in [0.4, 0.5) is 4.79 Å². The molecule has 3 aromatic rings. The summed E-state index contributed by atoms with van der Waals surface area (Å²) in [7, 11) is 0. The van der Waals surface area contributed by atoms with Crippen LogP contribution in [0.25, 0.3) is 11.8 Å². The van der Waals surface area contributed by atoms with E-state index in [0.717, 1.165) is 23.0 Å². The van der Waals surface area contributed by atoms with E-state index in [-0.39, 0.29) is 29.9 Å². The fraction of sp³-hybridized carbons (Fsp3) is 0.125. The second-order valence-electron chi connectivity index (χ2n) is 7.15. The zero-order valence-corrected chi connectivity index (χ0v) is 18.0. The molecule has 1 fully saturated rings. The van der Waals surface area contributed by atoms with E-state index in [4.69, 9.17) is 9.84 Å². The second kappa shape index (κ2) is 9.15. The zero-order valence-electron chi connectivity index (χ0n) is 17.2. The summed E-state index contributed by atoms with van der Waals surface area (Å²) in [5, 5.41) is 8.73. The smallest absolute Gasteiger partial charge is 0.335 e. The standard InChI is InChI=1S/C24H20N2O5S/c1-16-4-10-20(11-5-16)31-14-13-26-22(27)21(32-24(26)30)15-19-3-2-12-25(19)18-8-6-17(7-9-18)23(28)29/h2-12,15H,13-14H2,1H3,(H,28,29)/b21-15-. The minimum absolute atomic E-state index is 0.160. The van der Waals surface area contributed by atoms with Crippen molar-refractivity contribution in [2.75, 3.05) is 13.2 Å². The van der Waals surface area contributed by atoms with Crippen LogP contribution in [0.1, 0.15) is 21.6 Å². The summed E-state index contributed by atoms with van der Waals surface area (Å²) in [6, 6.07) is 17.6. The molecule has 0 spiro atoms. The Morgan fingerprint density at radius 3 is 2.47 bits per heavy atom. The van der Waals surface area contributed by atoms with Crippen molar-refractivity contribution >= 4 is 35.0 Å². The van der Waals surface area contributed by atoms with E-state index in [1.807, 2.05) is 47.9 Å². The van der Waals surface area contributed by atoms with Gasteiger partial charge in [-0.2, -0.15) is 0 Å². The summed E-state index contributed by atoms with van der Waals surface area (Å²) in [5.74, 6) is -0.671. The van der Waals surface area contributed by atoms with Gasteiger partial charge in [0.15, 0.2) is 0 Å². The topological polar surface area (TPSA) is 88.8 Å². The first kappa shape index (κ1) is 21.5. The lowest BCUT2D eigenvalue weighted by atomic mass is 10.2. The molecule has 2 amide bonds. The number of aryl methyl sites for hydroxylation is 1. The van der Waals surface area contributed by atoms with Gasteiger partial charge in [-0.05, 0) is 73.3 Å². The van der Waals surface area contributed by atoms with E-state index in [9.17, 15) is 14.4 Å². The van der Waals surface area contributed by atoms with E-state index in [2.05, 4.69) is 0 Å². The third-order valence-electron chi connectivity index (χ3n) is 4.93. The van der Waals surface area contributed by atoms with E-state index < -0.39 is 5.97 Å². The third-order valence-corrected chi connectivity index (χ3v) is 5.84. The molecule has 2 heterocycles. The van der Waals surface area contributed by atoms with Gasteiger partial charge in [0.2, 0.25) is 0 Å². The summed E-state index contributed by atoms with van der Waals surface area (Å²) in [4.78, 5) is 37.7. The van der Waals surface area contributed by atoms with Crippen molar-refractivity contribution in [2.45, 2.75) is 6.92 Å². The normalized spacial score (nSPS) is 14.9.